The van der Waals surface area contributed by atoms with Crippen LogP contribution in [0.4, 0.5) is 0 Å². The minimum Gasteiger partial charge on any atom is -0.357 e. The predicted molar refractivity (Wildman–Crippen MR) is 132 cm³/mol. The summed E-state index contributed by atoms with van der Waals surface area (Å²) in [6.07, 6.45) is 2.36. The van der Waals surface area contributed by atoms with E-state index >= 15 is 0 Å². The molecule has 2 N–H and O–H groups in total. The van der Waals surface area contributed by atoms with Crippen LogP contribution in [-0.4, -0.2) is 61.1 Å². The first kappa shape index (κ1) is 25.2. The summed E-state index contributed by atoms with van der Waals surface area (Å²) >= 11 is 0. The molecular formula is C22H40IN5. The smallest absolute Gasteiger partial charge is 0.191 e. The lowest BCUT2D eigenvalue weighted by Crippen LogP contribution is -2.49. The number of likely N-dealkylation sites (tertiary alicyclic amines) is 1. The summed E-state index contributed by atoms with van der Waals surface area (Å²) in [4.78, 5) is 9.71. The van der Waals surface area contributed by atoms with E-state index in [-0.39, 0.29) is 24.0 Å². The molecule has 0 radical (unpaired) electrons. The number of benzene rings is 1. The summed E-state index contributed by atoms with van der Waals surface area (Å²) in [5.41, 5.74) is 2.62. The van der Waals surface area contributed by atoms with E-state index < -0.39 is 0 Å². The fraction of sp³-hybridized carbons (Fsp3) is 0.682. The van der Waals surface area contributed by atoms with Crippen molar-refractivity contribution in [1.29, 1.82) is 0 Å². The van der Waals surface area contributed by atoms with Crippen molar-refractivity contribution >= 4 is 29.9 Å². The maximum absolute atomic E-state index is 4.84. The molecule has 1 aromatic carbocycles. The molecule has 5 nitrogen and oxygen atoms in total. The molecule has 0 aliphatic carbocycles. The first-order valence-corrected chi connectivity index (χ1v) is 10.6. The molecular weight excluding hydrogens is 461 g/mol. The number of hydrogen-bond donors (Lipinski definition) is 2. The molecule has 0 aromatic heterocycles. The van der Waals surface area contributed by atoms with E-state index in [0.29, 0.717) is 18.6 Å². The first-order valence-electron chi connectivity index (χ1n) is 10.6. The molecule has 1 heterocycles. The molecule has 2 rings (SSSR count). The summed E-state index contributed by atoms with van der Waals surface area (Å²) in [6, 6.07) is 9.95. The molecule has 160 valence electrons. The average molecular weight is 502 g/mol. The molecule has 0 unspecified atom stereocenters. The normalized spacial score (nSPS) is 16.3. The number of hydrogen-bond acceptors (Lipinski definition) is 3. The van der Waals surface area contributed by atoms with Crippen molar-refractivity contribution in [3.63, 3.8) is 0 Å². The van der Waals surface area contributed by atoms with Crippen LogP contribution < -0.4 is 10.6 Å². The zero-order chi connectivity index (χ0) is 19.6. The van der Waals surface area contributed by atoms with E-state index in [1.807, 2.05) is 0 Å². The molecule has 1 saturated heterocycles. The third-order valence-electron chi connectivity index (χ3n) is 5.35. The van der Waals surface area contributed by atoms with Crippen molar-refractivity contribution in [3.05, 3.63) is 35.4 Å². The van der Waals surface area contributed by atoms with Crippen LogP contribution in [0.25, 0.3) is 0 Å². The van der Waals surface area contributed by atoms with Crippen molar-refractivity contribution in [2.75, 3.05) is 33.2 Å². The van der Waals surface area contributed by atoms with Crippen LogP contribution in [-0.2, 0) is 13.1 Å². The Morgan fingerprint density at radius 3 is 2.50 bits per heavy atom. The highest BCUT2D eigenvalue weighted by atomic mass is 127. The zero-order valence-corrected chi connectivity index (χ0v) is 20.7. The van der Waals surface area contributed by atoms with Gasteiger partial charge in [-0.2, -0.15) is 0 Å². The third-order valence-corrected chi connectivity index (χ3v) is 5.35. The van der Waals surface area contributed by atoms with Crippen LogP contribution in [0.3, 0.4) is 0 Å². The quantitative estimate of drug-likeness (QED) is 0.324. The molecule has 0 amide bonds. The molecule has 0 spiro atoms. The van der Waals surface area contributed by atoms with Crippen LogP contribution in [0.1, 0.15) is 51.7 Å². The lowest BCUT2D eigenvalue weighted by molar-refractivity contribution is 0.167. The lowest BCUT2D eigenvalue weighted by atomic mass is 10.0. The van der Waals surface area contributed by atoms with Gasteiger partial charge in [-0.05, 0) is 58.3 Å². The second-order valence-electron chi connectivity index (χ2n) is 7.89. The number of guanidine groups is 1. The second-order valence-corrected chi connectivity index (χ2v) is 7.89. The second kappa shape index (κ2) is 13.4. The molecule has 1 aromatic rings. The van der Waals surface area contributed by atoms with Gasteiger partial charge in [-0.15, -0.1) is 24.0 Å². The van der Waals surface area contributed by atoms with Gasteiger partial charge in [0.25, 0.3) is 0 Å². The Kier molecular flexibility index (Phi) is 12.0. The number of halogens is 1. The van der Waals surface area contributed by atoms with E-state index in [1.165, 1.54) is 37.1 Å². The number of rotatable bonds is 8. The van der Waals surface area contributed by atoms with Crippen LogP contribution in [0, 0.1) is 0 Å². The molecule has 1 aliphatic heterocycles. The van der Waals surface area contributed by atoms with E-state index in [0.717, 1.165) is 25.6 Å². The van der Waals surface area contributed by atoms with Gasteiger partial charge in [0.15, 0.2) is 5.96 Å². The van der Waals surface area contributed by atoms with Crippen molar-refractivity contribution in [2.45, 2.75) is 65.7 Å². The van der Waals surface area contributed by atoms with Gasteiger partial charge in [-0.3, -0.25) is 0 Å². The van der Waals surface area contributed by atoms with Gasteiger partial charge in [-0.25, -0.2) is 4.99 Å². The van der Waals surface area contributed by atoms with Crippen LogP contribution in [0.2, 0.25) is 0 Å². The monoisotopic (exact) mass is 501 g/mol. The third kappa shape index (κ3) is 8.66. The Hall–Kier alpha value is -0.860. The van der Waals surface area contributed by atoms with Crippen LogP contribution in [0.15, 0.2) is 29.3 Å². The highest BCUT2D eigenvalue weighted by molar-refractivity contribution is 14.0. The average Bonchev–Trinajstić information content (AvgIpc) is 2.67. The van der Waals surface area contributed by atoms with Crippen molar-refractivity contribution < 1.29 is 0 Å². The number of nitrogens with zero attached hydrogens (tertiary/aromatic N) is 3. The van der Waals surface area contributed by atoms with Gasteiger partial charge in [-0.1, -0.05) is 31.2 Å². The maximum atomic E-state index is 4.84. The van der Waals surface area contributed by atoms with Gasteiger partial charge >= 0.3 is 0 Å². The highest BCUT2D eigenvalue weighted by Gasteiger charge is 2.21. The van der Waals surface area contributed by atoms with Gasteiger partial charge < -0.3 is 20.4 Å². The Labute approximate surface area is 189 Å². The fourth-order valence-corrected chi connectivity index (χ4v) is 3.49. The van der Waals surface area contributed by atoms with E-state index in [4.69, 9.17) is 4.99 Å². The van der Waals surface area contributed by atoms with Gasteiger partial charge in [0.05, 0.1) is 6.54 Å². The summed E-state index contributed by atoms with van der Waals surface area (Å²) in [6.45, 7) is 14.9. The van der Waals surface area contributed by atoms with Gasteiger partial charge in [0, 0.05) is 38.3 Å². The molecule has 6 heteroatoms. The lowest BCUT2D eigenvalue weighted by Gasteiger charge is -2.35. The topological polar surface area (TPSA) is 42.9 Å². The maximum Gasteiger partial charge on any atom is 0.191 e. The van der Waals surface area contributed by atoms with Crippen LogP contribution in [0.5, 0.6) is 0 Å². The predicted octanol–water partition coefficient (Wildman–Crippen LogP) is 3.68. The SMILES string of the molecule is CCNC(=NCc1cccc(CN(C)CC)c1)NC1CCN(C(C)C)CC1.I. The molecule has 0 saturated carbocycles. The Balaban J connectivity index is 0.00000392. The van der Waals surface area contributed by atoms with Gasteiger partial charge in [0.1, 0.15) is 0 Å². The van der Waals surface area contributed by atoms with Crippen molar-refractivity contribution in [3.8, 4) is 0 Å². The summed E-state index contributed by atoms with van der Waals surface area (Å²) in [5.74, 6) is 0.941. The first-order chi connectivity index (χ1) is 13.0. The molecule has 1 fully saturated rings. The van der Waals surface area contributed by atoms with Crippen molar-refractivity contribution in [2.24, 2.45) is 4.99 Å². The zero-order valence-electron chi connectivity index (χ0n) is 18.4. The molecule has 0 bridgehead atoms. The summed E-state index contributed by atoms with van der Waals surface area (Å²) in [7, 11) is 2.16. The number of piperidine rings is 1. The van der Waals surface area contributed by atoms with Crippen LogP contribution >= 0.6 is 24.0 Å². The Morgan fingerprint density at radius 1 is 1.21 bits per heavy atom. The minimum atomic E-state index is 0. The molecule has 28 heavy (non-hydrogen) atoms. The highest BCUT2D eigenvalue weighted by Crippen LogP contribution is 2.13. The summed E-state index contributed by atoms with van der Waals surface area (Å²) < 4.78 is 0. The largest absolute Gasteiger partial charge is 0.357 e. The summed E-state index contributed by atoms with van der Waals surface area (Å²) in [5, 5.41) is 7.05. The number of nitrogens with one attached hydrogen (secondary N) is 2. The fourth-order valence-electron chi connectivity index (χ4n) is 3.49. The minimum absolute atomic E-state index is 0. The Bertz CT molecular complexity index is 582. The standard InChI is InChI=1S/C22H39N5.HI/c1-6-23-22(25-21-11-13-27(14-12-21)18(3)4)24-16-19-9-8-10-20(15-19)17-26(5)7-2;/h8-10,15,18,21H,6-7,11-14,16-17H2,1-5H3,(H2,23,24,25);1H. The number of aliphatic imine (C=N–C) groups is 1. The van der Waals surface area contributed by atoms with E-state index in [9.17, 15) is 0 Å². The van der Waals surface area contributed by atoms with E-state index in [1.54, 1.807) is 0 Å². The van der Waals surface area contributed by atoms with E-state index in [2.05, 4.69) is 79.4 Å². The molecule has 0 atom stereocenters. The van der Waals surface area contributed by atoms with Crippen molar-refractivity contribution in [1.82, 2.24) is 20.4 Å². The Morgan fingerprint density at radius 2 is 1.89 bits per heavy atom. The molecule has 1 aliphatic rings. The van der Waals surface area contributed by atoms with Gasteiger partial charge in [0.2, 0.25) is 0 Å².